The van der Waals surface area contributed by atoms with Crippen molar-refractivity contribution < 1.29 is 0 Å². The van der Waals surface area contributed by atoms with Crippen LogP contribution in [0.3, 0.4) is 0 Å². The molecule has 0 amide bonds. The van der Waals surface area contributed by atoms with Crippen molar-refractivity contribution in [3.63, 3.8) is 0 Å². The molecule has 0 fully saturated rings. The Morgan fingerprint density at radius 2 is 1.88 bits per heavy atom. The van der Waals surface area contributed by atoms with E-state index in [1.54, 1.807) is 13.4 Å². The second-order valence-electron chi connectivity index (χ2n) is 6.91. The van der Waals surface area contributed by atoms with Crippen molar-refractivity contribution >= 4 is 5.96 Å². The van der Waals surface area contributed by atoms with Gasteiger partial charge in [0.1, 0.15) is 6.33 Å². The molecule has 1 heterocycles. The average Bonchev–Trinajstić information content (AvgIpc) is 2.95. The summed E-state index contributed by atoms with van der Waals surface area (Å²) in [5.41, 5.74) is 2.88. The number of aromatic nitrogens is 3. The first-order valence-electron chi connectivity index (χ1n) is 8.27. The number of nitrogens with one attached hydrogen (secondary N) is 2. The highest BCUT2D eigenvalue weighted by Gasteiger charge is 2.12. The van der Waals surface area contributed by atoms with Crippen molar-refractivity contribution in [3.8, 4) is 0 Å². The fraction of sp³-hybridized carbons (Fsp3) is 0.500. The normalized spacial score (nSPS) is 12.3. The lowest BCUT2D eigenvalue weighted by atomic mass is 9.86. The molecule has 1 aromatic carbocycles. The van der Waals surface area contributed by atoms with Crippen LogP contribution in [0.2, 0.25) is 0 Å². The van der Waals surface area contributed by atoms with Gasteiger partial charge >= 0.3 is 0 Å². The Kier molecular flexibility index (Phi) is 5.95. The first-order valence-corrected chi connectivity index (χ1v) is 8.27. The topological polar surface area (TPSA) is 67.1 Å². The smallest absolute Gasteiger partial charge is 0.191 e. The minimum Gasteiger partial charge on any atom is -0.356 e. The Labute approximate surface area is 144 Å². The number of aryl methyl sites for hydroxylation is 1. The fourth-order valence-electron chi connectivity index (χ4n) is 2.35. The summed E-state index contributed by atoms with van der Waals surface area (Å²) >= 11 is 0. The van der Waals surface area contributed by atoms with Crippen LogP contribution in [-0.2, 0) is 25.4 Å². The molecule has 0 aliphatic carbocycles. The molecule has 2 rings (SSSR count). The van der Waals surface area contributed by atoms with Gasteiger partial charge in [-0.1, -0.05) is 45.0 Å². The lowest BCUT2D eigenvalue weighted by Gasteiger charge is -2.19. The predicted octanol–water partition coefficient (Wildman–Crippen LogP) is 2.02. The Bertz CT molecular complexity index is 664. The molecule has 24 heavy (non-hydrogen) atoms. The maximum absolute atomic E-state index is 4.23. The van der Waals surface area contributed by atoms with Crippen molar-refractivity contribution in [2.24, 2.45) is 12.0 Å². The molecule has 0 unspecified atom stereocenters. The highest BCUT2D eigenvalue weighted by molar-refractivity contribution is 5.79. The molecule has 6 heteroatoms. The minimum absolute atomic E-state index is 0.197. The van der Waals surface area contributed by atoms with E-state index in [2.05, 4.69) is 70.9 Å². The van der Waals surface area contributed by atoms with Crippen LogP contribution in [0.25, 0.3) is 0 Å². The predicted molar refractivity (Wildman–Crippen MR) is 98.1 cm³/mol. The molecule has 0 radical (unpaired) electrons. The molecular formula is C18H28N6. The minimum atomic E-state index is 0.197. The lowest BCUT2D eigenvalue weighted by molar-refractivity contribution is 0.590. The molecule has 2 aromatic rings. The van der Waals surface area contributed by atoms with E-state index in [0.29, 0.717) is 6.54 Å². The summed E-state index contributed by atoms with van der Waals surface area (Å²) in [5.74, 6) is 1.64. The van der Waals surface area contributed by atoms with Crippen LogP contribution in [0.5, 0.6) is 0 Å². The van der Waals surface area contributed by atoms with E-state index in [1.807, 2.05) is 11.6 Å². The third-order valence-electron chi connectivity index (χ3n) is 3.97. The monoisotopic (exact) mass is 328 g/mol. The van der Waals surface area contributed by atoms with Gasteiger partial charge in [-0.2, -0.15) is 0 Å². The zero-order valence-electron chi connectivity index (χ0n) is 15.3. The standard InChI is InChI=1S/C18H28N6/c1-18(2,3)15-8-6-14(7-9-15)10-11-20-17(19-4)21-12-16-23-22-13-24(16)5/h6-9,13H,10-12H2,1-5H3,(H2,19,20,21). The zero-order chi connectivity index (χ0) is 17.6. The summed E-state index contributed by atoms with van der Waals surface area (Å²) in [4.78, 5) is 4.23. The van der Waals surface area contributed by atoms with Crippen molar-refractivity contribution in [3.05, 3.63) is 47.5 Å². The molecule has 6 nitrogen and oxygen atoms in total. The highest BCUT2D eigenvalue weighted by atomic mass is 15.3. The van der Waals surface area contributed by atoms with Crippen LogP contribution in [0, 0.1) is 0 Å². The van der Waals surface area contributed by atoms with E-state index >= 15 is 0 Å². The molecule has 0 aliphatic rings. The molecule has 2 N–H and O–H groups in total. The van der Waals surface area contributed by atoms with Crippen molar-refractivity contribution in [1.82, 2.24) is 25.4 Å². The number of hydrogen-bond donors (Lipinski definition) is 2. The summed E-state index contributed by atoms with van der Waals surface area (Å²) < 4.78 is 1.89. The van der Waals surface area contributed by atoms with E-state index in [1.165, 1.54) is 11.1 Å². The summed E-state index contributed by atoms with van der Waals surface area (Å²) in [6, 6.07) is 8.85. The van der Waals surface area contributed by atoms with E-state index in [0.717, 1.165) is 24.7 Å². The van der Waals surface area contributed by atoms with Gasteiger partial charge in [-0.15, -0.1) is 10.2 Å². The molecule has 0 atom stereocenters. The Hall–Kier alpha value is -2.37. The maximum Gasteiger partial charge on any atom is 0.191 e. The SMILES string of the molecule is CN=C(NCCc1ccc(C(C)(C)C)cc1)NCc1nncn1C. The molecule has 0 aliphatic heterocycles. The van der Waals surface area contributed by atoms with E-state index in [9.17, 15) is 0 Å². The summed E-state index contributed by atoms with van der Waals surface area (Å²) in [6.07, 6.45) is 2.64. The van der Waals surface area contributed by atoms with Gasteiger partial charge in [0.15, 0.2) is 11.8 Å². The van der Waals surface area contributed by atoms with E-state index < -0.39 is 0 Å². The largest absolute Gasteiger partial charge is 0.356 e. The lowest BCUT2D eigenvalue weighted by Crippen LogP contribution is -2.38. The molecule has 130 valence electrons. The van der Waals surface area contributed by atoms with Gasteiger partial charge in [-0.25, -0.2) is 0 Å². The first-order chi connectivity index (χ1) is 11.4. The number of guanidine groups is 1. The summed E-state index contributed by atoms with van der Waals surface area (Å²) in [6.45, 7) is 8.12. The average molecular weight is 328 g/mol. The summed E-state index contributed by atoms with van der Waals surface area (Å²) in [5, 5.41) is 14.5. The van der Waals surface area contributed by atoms with Crippen molar-refractivity contribution in [2.75, 3.05) is 13.6 Å². The molecule has 0 bridgehead atoms. The number of nitrogens with zero attached hydrogens (tertiary/aromatic N) is 4. The molecule has 0 spiro atoms. The van der Waals surface area contributed by atoms with Gasteiger partial charge in [-0.05, 0) is 23.0 Å². The van der Waals surface area contributed by atoms with Crippen LogP contribution < -0.4 is 10.6 Å². The molecule has 1 aromatic heterocycles. The van der Waals surface area contributed by atoms with Gasteiger partial charge in [0.2, 0.25) is 0 Å². The fourth-order valence-corrected chi connectivity index (χ4v) is 2.35. The second kappa shape index (κ2) is 7.95. The van der Waals surface area contributed by atoms with E-state index in [4.69, 9.17) is 0 Å². The van der Waals surface area contributed by atoms with Crippen LogP contribution in [0.4, 0.5) is 0 Å². The Morgan fingerprint density at radius 1 is 1.17 bits per heavy atom. The number of benzene rings is 1. The number of rotatable bonds is 5. The third kappa shape index (κ3) is 5.08. The summed E-state index contributed by atoms with van der Waals surface area (Å²) in [7, 11) is 3.69. The van der Waals surface area contributed by atoms with Crippen LogP contribution in [0.15, 0.2) is 35.6 Å². The molecular weight excluding hydrogens is 300 g/mol. The molecule has 0 saturated carbocycles. The van der Waals surface area contributed by atoms with E-state index in [-0.39, 0.29) is 5.41 Å². The van der Waals surface area contributed by atoms with Gasteiger partial charge in [0.05, 0.1) is 6.54 Å². The number of hydrogen-bond acceptors (Lipinski definition) is 3. The second-order valence-corrected chi connectivity index (χ2v) is 6.91. The van der Waals surface area contributed by atoms with Gasteiger partial charge < -0.3 is 15.2 Å². The van der Waals surface area contributed by atoms with Crippen LogP contribution in [-0.4, -0.2) is 34.3 Å². The Morgan fingerprint density at radius 3 is 2.42 bits per heavy atom. The zero-order valence-corrected chi connectivity index (χ0v) is 15.3. The van der Waals surface area contributed by atoms with Gasteiger partial charge in [-0.3, -0.25) is 4.99 Å². The van der Waals surface area contributed by atoms with Crippen LogP contribution >= 0.6 is 0 Å². The van der Waals surface area contributed by atoms with Gasteiger partial charge in [0, 0.05) is 20.6 Å². The van der Waals surface area contributed by atoms with Crippen molar-refractivity contribution in [2.45, 2.75) is 39.2 Å². The Balaban J connectivity index is 1.78. The van der Waals surface area contributed by atoms with Gasteiger partial charge in [0.25, 0.3) is 0 Å². The maximum atomic E-state index is 4.23. The quantitative estimate of drug-likeness (QED) is 0.651. The third-order valence-corrected chi connectivity index (χ3v) is 3.97. The number of aliphatic imine (C=N–C) groups is 1. The molecule has 0 saturated heterocycles. The van der Waals surface area contributed by atoms with Crippen molar-refractivity contribution in [1.29, 1.82) is 0 Å². The van der Waals surface area contributed by atoms with Crippen LogP contribution in [0.1, 0.15) is 37.7 Å². The first kappa shape index (κ1) is 18.0. The highest BCUT2D eigenvalue weighted by Crippen LogP contribution is 2.22.